The maximum absolute atomic E-state index is 13.5. The van der Waals surface area contributed by atoms with Gasteiger partial charge in [0.1, 0.15) is 11.0 Å². The average molecular weight is 497 g/mol. The lowest BCUT2D eigenvalue weighted by atomic mass is 10.0. The first kappa shape index (κ1) is 23.4. The number of benzene rings is 1. The summed E-state index contributed by atoms with van der Waals surface area (Å²) in [6.07, 6.45) is -4.67. The van der Waals surface area contributed by atoms with Crippen LogP contribution in [0.1, 0.15) is 36.5 Å². The molecule has 0 radical (unpaired) electrons. The standard InChI is InChI=1S/C18H18BrClF3N3O3/c1-2-29-14(27)9-26-16(28)15(19)13(25-17(26)18(21,22)23)8-7-12(24)10-3-5-11(20)6-4-10/h3-6,12H,2,7-9,24H2,1H3/t12-/m0/s1. The highest BCUT2D eigenvalue weighted by Crippen LogP contribution is 2.29. The van der Waals surface area contributed by atoms with Crippen molar-refractivity contribution in [3.8, 4) is 0 Å². The molecule has 0 bridgehead atoms. The molecule has 0 fully saturated rings. The number of alkyl halides is 3. The van der Waals surface area contributed by atoms with Gasteiger partial charge in [0.2, 0.25) is 5.82 Å². The second-order valence-electron chi connectivity index (χ2n) is 6.09. The minimum atomic E-state index is -4.93. The van der Waals surface area contributed by atoms with Crippen LogP contribution in [0.4, 0.5) is 13.2 Å². The van der Waals surface area contributed by atoms with Gasteiger partial charge in [-0.3, -0.25) is 14.2 Å². The quantitative estimate of drug-likeness (QED) is 0.588. The Morgan fingerprint density at radius 2 is 1.97 bits per heavy atom. The lowest BCUT2D eigenvalue weighted by Gasteiger charge is -2.17. The molecule has 0 saturated heterocycles. The van der Waals surface area contributed by atoms with Crippen LogP contribution in [-0.4, -0.2) is 22.1 Å². The van der Waals surface area contributed by atoms with Crippen molar-refractivity contribution in [1.29, 1.82) is 0 Å². The molecule has 11 heteroatoms. The normalized spacial score (nSPS) is 12.7. The van der Waals surface area contributed by atoms with Gasteiger partial charge in [-0.15, -0.1) is 0 Å². The molecular weight excluding hydrogens is 479 g/mol. The number of ether oxygens (including phenoxy) is 1. The minimum absolute atomic E-state index is 0.0168. The Balaban J connectivity index is 2.33. The number of aryl methyl sites for hydroxylation is 1. The molecule has 0 aliphatic carbocycles. The van der Waals surface area contributed by atoms with Gasteiger partial charge in [0.05, 0.1) is 12.3 Å². The number of nitrogens with two attached hydrogens (primary N) is 1. The van der Waals surface area contributed by atoms with Gasteiger partial charge in [-0.25, -0.2) is 4.98 Å². The van der Waals surface area contributed by atoms with Gasteiger partial charge in [-0.2, -0.15) is 13.2 Å². The molecule has 0 unspecified atom stereocenters. The molecule has 2 aromatic rings. The molecule has 0 saturated carbocycles. The second-order valence-corrected chi connectivity index (χ2v) is 7.32. The lowest BCUT2D eigenvalue weighted by molar-refractivity contribution is -0.152. The highest BCUT2D eigenvalue weighted by atomic mass is 79.9. The van der Waals surface area contributed by atoms with E-state index in [1.165, 1.54) is 6.92 Å². The first-order valence-electron chi connectivity index (χ1n) is 8.57. The van der Waals surface area contributed by atoms with E-state index in [9.17, 15) is 22.8 Å². The molecule has 6 nitrogen and oxygen atoms in total. The van der Waals surface area contributed by atoms with Crippen molar-refractivity contribution in [2.75, 3.05) is 6.61 Å². The van der Waals surface area contributed by atoms with Gasteiger partial charge in [0.15, 0.2) is 0 Å². The number of halogens is 5. The average Bonchev–Trinajstić information content (AvgIpc) is 2.64. The highest BCUT2D eigenvalue weighted by Gasteiger charge is 2.38. The second kappa shape index (κ2) is 9.73. The third-order valence-electron chi connectivity index (χ3n) is 4.02. The van der Waals surface area contributed by atoms with Crippen LogP contribution in [0.3, 0.4) is 0 Å². The van der Waals surface area contributed by atoms with Crippen molar-refractivity contribution >= 4 is 33.5 Å². The summed E-state index contributed by atoms with van der Waals surface area (Å²) in [5, 5.41) is 0.533. The van der Waals surface area contributed by atoms with Crippen LogP contribution < -0.4 is 11.3 Å². The molecule has 1 atom stereocenters. The van der Waals surface area contributed by atoms with Crippen LogP contribution >= 0.6 is 27.5 Å². The van der Waals surface area contributed by atoms with Crippen molar-refractivity contribution in [1.82, 2.24) is 9.55 Å². The van der Waals surface area contributed by atoms with Crippen LogP contribution in [0.15, 0.2) is 33.5 Å². The SMILES string of the molecule is CCOC(=O)Cn1c(C(F)(F)F)nc(CC[C@H](N)c2ccc(Cl)cc2)c(Br)c1=O. The molecular formula is C18H18BrClF3N3O3. The summed E-state index contributed by atoms with van der Waals surface area (Å²) in [5.74, 6) is -2.43. The van der Waals surface area contributed by atoms with E-state index in [1.54, 1.807) is 24.3 Å². The van der Waals surface area contributed by atoms with Crippen molar-refractivity contribution < 1.29 is 22.7 Å². The Hall–Kier alpha value is -1.91. The van der Waals surface area contributed by atoms with Crippen molar-refractivity contribution in [2.24, 2.45) is 5.73 Å². The third-order valence-corrected chi connectivity index (χ3v) is 5.07. The minimum Gasteiger partial charge on any atom is -0.465 e. The fraction of sp³-hybridized carbons (Fsp3) is 0.389. The van der Waals surface area contributed by atoms with Crippen molar-refractivity contribution in [3.05, 3.63) is 61.2 Å². The Labute approximate surface area is 178 Å². The van der Waals surface area contributed by atoms with Crippen LogP contribution in [-0.2, 0) is 28.7 Å². The predicted octanol–water partition coefficient (Wildman–Crippen LogP) is 3.87. The fourth-order valence-electron chi connectivity index (χ4n) is 2.61. The molecule has 158 valence electrons. The van der Waals surface area contributed by atoms with Gasteiger partial charge in [0, 0.05) is 11.1 Å². The Morgan fingerprint density at radius 1 is 1.34 bits per heavy atom. The first-order valence-corrected chi connectivity index (χ1v) is 9.74. The molecule has 0 spiro atoms. The van der Waals surface area contributed by atoms with Gasteiger partial charge in [-0.1, -0.05) is 23.7 Å². The number of nitrogens with zero attached hydrogens (tertiary/aromatic N) is 2. The smallest absolute Gasteiger partial charge is 0.449 e. The highest BCUT2D eigenvalue weighted by molar-refractivity contribution is 9.10. The number of hydrogen-bond donors (Lipinski definition) is 1. The number of rotatable bonds is 7. The van der Waals surface area contributed by atoms with Gasteiger partial charge in [-0.05, 0) is 53.4 Å². The van der Waals surface area contributed by atoms with E-state index in [-0.39, 0.29) is 34.2 Å². The van der Waals surface area contributed by atoms with E-state index in [0.29, 0.717) is 5.02 Å². The van der Waals surface area contributed by atoms with Gasteiger partial charge in [0.25, 0.3) is 5.56 Å². The molecule has 1 heterocycles. The molecule has 2 N–H and O–H groups in total. The van der Waals surface area contributed by atoms with E-state index in [0.717, 1.165) is 5.56 Å². The van der Waals surface area contributed by atoms with E-state index in [2.05, 4.69) is 25.7 Å². The molecule has 1 aromatic heterocycles. The van der Waals surface area contributed by atoms with Crippen molar-refractivity contribution in [3.63, 3.8) is 0 Å². The Morgan fingerprint density at radius 3 is 2.52 bits per heavy atom. The number of esters is 1. The van der Waals surface area contributed by atoms with E-state index >= 15 is 0 Å². The van der Waals surface area contributed by atoms with Crippen LogP contribution in [0, 0.1) is 0 Å². The summed E-state index contributed by atoms with van der Waals surface area (Å²) < 4.78 is 45.1. The molecule has 0 aliphatic heterocycles. The Kier molecular flexibility index (Phi) is 7.84. The van der Waals surface area contributed by atoms with Gasteiger partial charge >= 0.3 is 12.1 Å². The lowest BCUT2D eigenvalue weighted by Crippen LogP contribution is -2.34. The molecule has 0 amide bonds. The first-order chi connectivity index (χ1) is 13.5. The summed E-state index contributed by atoms with van der Waals surface area (Å²) in [6, 6.07) is 6.26. The van der Waals surface area contributed by atoms with Crippen LogP contribution in [0.2, 0.25) is 5.02 Å². The largest absolute Gasteiger partial charge is 0.465 e. The van der Waals surface area contributed by atoms with Crippen molar-refractivity contribution in [2.45, 2.75) is 38.5 Å². The summed E-state index contributed by atoms with van der Waals surface area (Å²) in [5.41, 5.74) is 5.72. The number of hydrogen-bond acceptors (Lipinski definition) is 5. The zero-order valence-electron chi connectivity index (χ0n) is 15.3. The number of aromatic nitrogens is 2. The molecule has 1 aromatic carbocycles. The monoisotopic (exact) mass is 495 g/mol. The zero-order chi connectivity index (χ0) is 21.8. The van der Waals surface area contributed by atoms with E-state index in [1.807, 2.05) is 0 Å². The molecule has 0 aliphatic rings. The molecule has 2 rings (SSSR count). The van der Waals surface area contributed by atoms with Gasteiger partial charge < -0.3 is 10.5 Å². The number of carbonyl (C=O) groups is 1. The summed E-state index contributed by atoms with van der Waals surface area (Å²) in [4.78, 5) is 27.7. The van der Waals surface area contributed by atoms with E-state index in [4.69, 9.17) is 17.3 Å². The summed E-state index contributed by atoms with van der Waals surface area (Å²) in [6.45, 7) is 0.592. The van der Waals surface area contributed by atoms with E-state index < -0.39 is 36.1 Å². The Bertz CT molecular complexity index is 933. The summed E-state index contributed by atoms with van der Waals surface area (Å²) in [7, 11) is 0. The maximum atomic E-state index is 13.5. The zero-order valence-corrected chi connectivity index (χ0v) is 17.6. The third kappa shape index (κ3) is 6.03. The number of carbonyl (C=O) groups excluding carboxylic acids is 1. The van der Waals surface area contributed by atoms with Crippen LogP contribution in [0.5, 0.6) is 0 Å². The summed E-state index contributed by atoms with van der Waals surface area (Å²) >= 11 is 8.83. The maximum Gasteiger partial charge on any atom is 0.449 e. The topological polar surface area (TPSA) is 87.2 Å². The molecule has 29 heavy (non-hydrogen) atoms. The fourth-order valence-corrected chi connectivity index (χ4v) is 3.24. The van der Waals surface area contributed by atoms with Crippen LogP contribution in [0.25, 0.3) is 0 Å². The predicted molar refractivity (Wildman–Crippen MR) is 105 cm³/mol.